The molecule has 1 atom stereocenters. The van der Waals surface area contributed by atoms with E-state index in [4.69, 9.17) is 0 Å². The standard InChI is InChI=1S/C24H23N3O2S/c28-23(20-10-7-13-25-18-20)26-14-16-27(17-15-26)24(29)22(19-8-3-1-4-9-19)30-21-11-5-2-6-12-21/h1-13,18,22H,14-17H2. The highest BCUT2D eigenvalue weighted by Crippen LogP contribution is 2.36. The highest BCUT2D eigenvalue weighted by Gasteiger charge is 2.30. The number of thioether (sulfide) groups is 1. The number of carbonyl (C=O) groups excluding carboxylic acids is 2. The van der Waals surface area contributed by atoms with Gasteiger partial charge in [0.2, 0.25) is 5.91 Å². The van der Waals surface area contributed by atoms with Gasteiger partial charge in [0.05, 0.1) is 5.56 Å². The second-order valence-corrected chi connectivity index (χ2v) is 8.26. The van der Waals surface area contributed by atoms with E-state index >= 15 is 0 Å². The monoisotopic (exact) mass is 417 g/mol. The SMILES string of the molecule is O=C(c1cccnc1)N1CCN(C(=O)C(Sc2ccccc2)c2ccccc2)CC1. The van der Waals surface area contributed by atoms with Crippen molar-refractivity contribution in [2.75, 3.05) is 26.2 Å². The number of rotatable bonds is 5. The third kappa shape index (κ3) is 4.71. The summed E-state index contributed by atoms with van der Waals surface area (Å²) >= 11 is 1.57. The number of pyridine rings is 1. The summed E-state index contributed by atoms with van der Waals surface area (Å²) in [5, 5.41) is -0.311. The third-order valence-electron chi connectivity index (χ3n) is 5.11. The van der Waals surface area contributed by atoms with Crippen LogP contribution in [-0.4, -0.2) is 52.8 Å². The lowest BCUT2D eigenvalue weighted by Gasteiger charge is -2.36. The molecule has 0 radical (unpaired) electrons. The largest absolute Gasteiger partial charge is 0.338 e. The average Bonchev–Trinajstić information content (AvgIpc) is 2.83. The fourth-order valence-electron chi connectivity index (χ4n) is 3.49. The molecule has 0 spiro atoms. The van der Waals surface area contributed by atoms with E-state index in [1.807, 2.05) is 65.6 Å². The van der Waals surface area contributed by atoms with Crippen LogP contribution in [0.25, 0.3) is 0 Å². The Morgan fingerprint density at radius 3 is 2.07 bits per heavy atom. The number of piperazine rings is 1. The van der Waals surface area contributed by atoms with Crippen LogP contribution in [0.4, 0.5) is 0 Å². The number of amides is 2. The van der Waals surface area contributed by atoms with E-state index in [9.17, 15) is 9.59 Å². The number of benzene rings is 2. The lowest BCUT2D eigenvalue weighted by molar-refractivity contribution is -0.132. The Labute approximate surface area is 180 Å². The molecule has 2 aromatic carbocycles. The molecule has 0 N–H and O–H groups in total. The zero-order chi connectivity index (χ0) is 20.8. The Morgan fingerprint density at radius 1 is 0.800 bits per heavy atom. The Bertz CT molecular complexity index is 975. The molecule has 4 rings (SSSR count). The van der Waals surface area contributed by atoms with Gasteiger partial charge in [-0.2, -0.15) is 0 Å². The number of hydrogen-bond acceptors (Lipinski definition) is 4. The van der Waals surface area contributed by atoms with Gasteiger partial charge in [0.25, 0.3) is 5.91 Å². The van der Waals surface area contributed by atoms with Crippen molar-refractivity contribution in [3.8, 4) is 0 Å². The molecule has 3 aromatic rings. The van der Waals surface area contributed by atoms with Gasteiger partial charge in [-0.05, 0) is 29.8 Å². The van der Waals surface area contributed by atoms with Crippen molar-refractivity contribution in [3.63, 3.8) is 0 Å². The first-order valence-electron chi connectivity index (χ1n) is 9.97. The topological polar surface area (TPSA) is 53.5 Å². The molecular weight excluding hydrogens is 394 g/mol. The molecule has 0 aliphatic carbocycles. The van der Waals surface area contributed by atoms with Crippen LogP contribution in [0, 0.1) is 0 Å². The molecular formula is C24H23N3O2S. The quantitative estimate of drug-likeness (QED) is 0.591. The predicted molar refractivity (Wildman–Crippen MR) is 118 cm³/mol. The van der Waals surface area contributed by atoms with Gasteiger partial charge in [0.15, 0.2) is 0 Å². The van der Waals surface area contributed by atoms with Crippen LogP contribution in [0.15, 0.2) is 90.1 Å². The van der Waals surface area contributed by atoms with Crippen LogP contribution in [-0.2, 0) is 4.79 Å². The van der Waals surface area contributed by atoms with E-state index in [1.165, 1.54) is 0 Å². The highest BCUT2D eigenvalue weighted by molar-refractivity contribution is 8.00. The molecule has 6 heteroatoms. The van der Waals surface area contributed by atoms with Crippen LogP contribution >= 0.6 is 11.8 Å². The summed E-state index contributed by atoms with van der Waals surface area (Å²) in [5.41, 5.74) is 1.57. The molecule has 1 unspecified atom stereocenters. The van der Waals surface area contributed by atoms with Crippen LogP contribution in [0.5, 0.6) is 0 Å². The Balaban J connectivity index is 1.45. The van der Waals surface area contributed by atoms with Crippen molar-refractivity contribution < 1.29 is 9.59 Å². The molecule has 0 saturated carbocycles. The van der Waals surface area contributed by atoms with Gasteiger partial charge in [0, 0.05) is 43.5 Å². The zero-order valence-corrected chi connectivity index (χ0v) is 17.4. The van der Waals surface area contributed by atoms with Gasteiger partial charge in [-0.15, -0.1) is 11.8 Å². The second kappa shape index (κ2) is 9.59. The van der Waals surface area contributed by atoms with E-state index in [0.29, 0.717) is 31.7 Å². The van der Waals surface area contributed by atoms with Crippen molar-refractivity contribution in [2.45, 2.75) is 10.1 Å². The van der Waals surface area contributed by atoms with Crippen LogP contribution in [0.3, 0.4) is 0 Å². The van der Waals surface area contributed by atoms with E-state index in [0.717, 1.165) is 10.5 Å². The molecule has 1 aliphatic rings. The van der Waals surface area contributed by atoms with Gasteiger partial charge < -0.3 is 9.80 Å². The van der Waals surface area contributed by atoms with Gasteiger partial charge in [-0.25, -0.2) is 0 Å². The average molecular weight is 418 g/mol. The van der Waals surface area contributed by atoms with Crippen LogP contribution < -0.4 is 0 Å². The number of carbonyl (C=O) groups is 2. The molecule has 1 saturated heterocycles. The molecule has 5 nitrogen and oxygen atoms in total. The van der Waals surface area contributed by atoms with E-state index < -0.39 is 0 Å². The zero-order valence-electron chi connectivity index (χ0n) is 16.6. The molecule has 1 fully saturated rings. The van der Waals surface area contributed by atoms with Gasteiger partial charge in [-0.1, -0.05) is 48.5 Å². The van der Waals surface area contributed by atoms with Crippen LogP contribution in [0.2, 0.25) is 0 Å². The molecule has 30 heavy (non-hydrogen) atoms. The molecule has 152 valence electrons. The van der Waals surface area contributed by atoms with Crippen molar-refractivity contribution in [3.05, 3.63) is 96.3 Å². The van der Waals surface area contributed by atoms with Gasteiger partial charge in [0.1, 0.15) is 5.25 Å². The molecule has 1 aromatic heterocycles. The Kier molecular flexibility index (Phi) is 6.44. The normalized spacial score (nSPS) is 14.9. The second-order valence-electron chi connectivity index (χ2n) is 7.08. The van der Waals surface area contributed by atoms with Crippen molar-refractivity contribution >= 4 is 23.6 Å². The van der Waals surface area contributed by atoms with E-state index in [1.54, 1.807) is 41.2 Å². The van der Waals surface area contributed by atoms with E-state index in [-0.39, 0.29) is 17.1 Å². The lowest BCUT2D eigenvalue weighted by Crippen LogP contribution is -2.51. The summed E-state index contributed by atoms with van der Waals surface area (Å²) < 4.78 is 0. The first-order chi connectivity index (χ1) is 14.7. The number of aromatic nitrogens is 1. The summed E-state index contributed by atoms with van der Waals surface area (Å²) in [4.78, 5) is 34.8. The molecule has 0 bridgehead atoms. The Morgan fingerprint density at radius 2 is 1.43 bits per heavy atom. The van der Waals surface area contributed by atoms with Crippen molar-refractivity contribution in [1.82, 2.24) is 14.8 Å². The maximum Gasteiger partial charge on any atom is 0.255 e. The highest BCUT2D eigenvalue weighted by atomic mass is 32.2. The fourth-order valence-corrected chi connectivity index (χ4v) is 4.62. The van der Waals surface area contributed by atoms with Crippen LogP contribution in [0.1, 0.15) is 21.2 Å². The van der Waals surface area contributed by atoms with Gasteiger partial charge in [-0.3, -0.25) is 14.6 Å². The number of hydrogen-bond donors (Lipinski definition) is 0. The minimum Gasteiger partial charge on any atom is -0.338 e. The smallest absolute Gasteiger partial charge is 0.255 e. The minimum atomic E-state index is -0.311. The summed E-state index contributed by atoms with van der Waals surface area (Å²) in [6, 6.07) is 23.4. The third-order valence-corrected chi connectivity index (χ3v) is 6.36. The summed E-state index contributed by atoms with van der Waals surface area (Å²) in [7, 11) is 0. The lowest BCUT2D eigenvalue weighted by atomic mass is 10.1. The Hall–Kier alpha value is -3.12. The first-order valence-corrected chi connectivity index (χ1v) is 10.8. The molecule has 1 aliphatic heterocycles. The number of nitrogens with zero attached hydrogens (tertiary/aromatic N) is 3. The summed E-state index contributed by atoms with van der Waals surface area (Å²) in [6.45, 7) is 2.11. The van der Waals surface area contributed by atoms with Gasteiger partial charge >= 0.3 is 0 Å². The molecule has 2 heterocycles. The van der Waals surface area contributed by atoms with Crippen molar-refractivity contribution in [1.29, 1.82) is 0 Å². The maximum atomic E-state index is 13.4. The maximum absolute atomic E-state index is 13.4. The van der Waals surface area contributed by atoms with Crippen molar-refractivity contribution in [2.24, 2.45) is 0 Å². The predicted octanol–water partition coefficient (Wildman–Crippen LogP) is 3.90. The molecule has 2 amide bonds. The fraction of sp³-hybridized carbons (Fsp3) is 0.208. The summed E-state index contributed by atoms with van der Waals surface area (Å²) in [5.74, 6) is 0.0528. The van der Waals surface area contributed by atoms with E-state index in [2.05, 4.69) is 4.98 Å². The summed E-state index contributed by atoms with van der Waals surface area (Å²) in [6.07, 6.45) is 3.24. The first kappa shape index (κ1) is 20.2. The minimum absolute atomic E-state index is 0.0338.